The summed E-state index contributed by atoms with van der Waals surface area (Å²) in [5, 5.41) is 10.7. The van der Waals surface area contributed by atoms with Gasteiger partial charge in [-0.2, -0.15) is 0 Å². The molecule has 0 unspecified atom stereocenters. The Balaban J connectivity index is 2.32. The third-order valence-electron chi connectivity index (χ3n) is 2.95. The molecule has 106 valence electrons. The van der Waals surface area contributed by atoms with Crippen molar-refractivity contribution in [3.05, 3.63) is 82.9 Å². The minimum absolute atomic E-state index is 0.00976. The van der Waals surface area contributed by atoms with Crippen LogP contribution in [0.25, 0.3) is 0 Å². The van der Waals surface area contributed by atoms with Gasteiger partial charge in [-0.25, -0.2) is 0 Å². The summed E-state index contributed by atoms with van der Waals surface area (Å²) in [6.45, 7) is 3.97. The zero-order chi connectivity index (χ0) is 15.2. The lowest BCUT2D eigenvalue weighted by Crippen LogP contribution is -2.30. The molecule has 0 bridgehead atoms. The largest absolute Gasteiger partial charge is 0.305 e. The molecule has 0 aromatic heterocycles. The zero-order valence-electron chi connectivity index (χ0n) is 11.3. The van der Waals surface area contributed by atoms with Crippen molar-refractivity contribution in [2.75, 3.05) is 11.4 Å². The molecule has 0 spiro atoms. The summed E-state index contributed by atoms with van der Waals surface area (Å²) in [7, 11) is 0. The number of hydrogen-bond donors (Lipinski definition) is 0. The van der Waals surface area contributed by atoms with Crippen LogP contribution in [0, 0.1) is 10.1 Å². The van der Waals surface area contributed by atoms with Crippen molar-refractivity contribution in [3.8, 4) is 0 Å². The molecule has 5 heteroatoms. The number of benzene rings is 2. The monoisotopic (exact) mass is 282 g/mol. The standard InChI is InChI=1S/C16H14N2O3/c1-2-12-17(16(19)13-6-4-3-5-7-13)14-8-10-15(11-9-14)18(20)21/h2-11H,1,12H2. The molecule has 0 aliphatic carbocycles. The summed E-state index contributed by atoms with van der Waals surface area (Å²) in [6.07, 6.45) is 1.61. The van der Waals surface area contributed by atoms with Crippen LogP contribution in [0.3, 0.4) is 0 Å². The van der Waals surface area contributed by atoms with Gasteiger partial charge in [-0.05, 0) is 24.3 Å². The number of non-ortho nitro benzene ring substituents is 1. The number of hydrogen-bond acceptors (Lipinski definition) is 3. The average molecular weight is 282 g/mol. The Labute approximate surface area is 122 Å². The highest BCUT2D eigenvalue weighted by Gasteiger charge is 2.17. The minimum atomic E-state index is -0.472. The fourth-order valence-electron chi connectivity index (χ4n) is 1.93. The summed E-state index contributed by atoms with van der Waals surface area (Å²) >= 11 is 0. The van der Waals surface area contributed by atoms with E-state index in [9.17, 15) is 14.9 Å². The first kappa shape index (κ1) is 14.5. The molecule has 21 heavy (non-hydrogen) atoms. The van der Waals surface area contributed by atoms with Crippen LogP contribution in [0.5, 0.6) is 0 Å². The van der Waals surface area contributed by atoms with E-state index < -0.39 is 4.92 Å². The van der Waals surface area contributed by atoms with Crippen molar-refractivity contribution in [2.45, 2.75) is 0 Å². The van der Waals surface area contributed by atoms with E-state index in [-0.39, 0.29) is 11.6 Å². The van der Waals surface area contributed by atoms with E-state index in [0.29, 0.717) is 17.8 Å². The second kappa shape index (κ2) is 6.47. The number of carbonyl (C=O) groups is 1. The smallest absolute Gasteiger partial charge is 0.269 e. The Morgan fingerprint density at radius 3 is 2.29 bits per heavy atom. The highest BCUT2D eigenvalue weighted by molar-refractivity contribution is 6.06. The van der Waals surface area contributed by atoms with Crippen molar-refractivity contribution in [1.29, 1.82) is 0 Å². The number of amides is 1. The summed E-state index contributed by atoms with van der Waals surface area (Å²) < 4.78 is 0. The molecule has 5 nitrogen and oxygen atoms in total. The molecule has 2 aromatic carbocycles. The molecular formula is C16H14N2O3. The van der Waals surface area contributed by atoms with Crippen LogP contribution in [0.1, 0.15) is 10.4 Å². The Morgan fingerprint density at radius 2 is 1.76 bits per heavy atom. The Morgan fingerprint density at radius 1 is 1.14 bits per heavy atom. The molecule has 1 amide bonds. The first-order valence-corrected chi connectivity index (χ1v) is 6.35. The lowest BCUT2D eigenvalue weighted by molar-refractivity contribution is -0.384. The van der Waals surface area contributed by atoms with Crippen LogP contribution < -0.4 is 4.90 Å². The minimum Gasteiger partial charge on any atom is -0.305 e. The van der Waals surface area contributed by atoms with E-state index in [4.69, 9.17) is 0 Å². The molecular weight excluding hydrogens is 268 g/mol. The molecule has 2 aromatic rings. The number of carbonyl (C=O) groups excluding carboxylic acids is 1. The first-order valence-electron chi connectivity index (χ1n) is 6.35. The van der Waals surface area contributed by atoms with Gasteiger partial charge in [0.2, 0.25) is 0 Å². The fraction of sp³-hybridized carbons (Fsp3) is 0.0625. The molecule has 0 saturated carbocycles. The van der Waals surface area contributed by atoms with Crippen molar-refractivity contribution in [2.24, 2.45) is 0 Å². The lowest BCUT2D eigenvalue weighted by Gasteiger charge is -2.21. The molecule has 0 radical (unpaired) electrons. The SMILES string of the molecule is C=CCN(C(=O)c1ccccc1)c1ccc([N+](=O)[O-])cc1. The molecule has 0 atom stereocenters. The second-order valence-corrected chi connectivity index (χ2v) is 4.34. The number of anilines is 1. The number of nitrogens with zero attached hydrogens (tertiary/aromatic N) is 2. The summed E-state index contributed by atoms with van der Waals surface area (Å²) in [5.41, 5.74) is 1.14. The predicted octanol–water partition coefficient (Wildman–Crippen LogP) is 3.43. The highest BCUT2D eigenvalue weighted by atomic mass is 16.6. The van der Waals surface area contributed by atoms with E-state index >= 15 is 0 Å². The fourth-order valence-corrected chi connectivity index (χ4v) is 1.93. The maximum atomic E-state index is 12.5. The van der Waals surface area contributed by atoms with Gasteiger partial charge in [-0.3, -0.25) is 14.9 Å². The van der Waals surface area contributed by atoms with Crippen LogP contribution >= 0.6 is 0 Å². The summed E-state index contributed by atoms with van der Waals surface area (Å²) in [6, 6.07) is 14.7. The second-order valence-electron chi connectivity index (χ2n) is 4.34. The van der Waals surface area contributed by atoms with Gasteiger partial charge in [0.1, 0.15) is 0 Å². The zero-order valence-corrected chi connectivity index (χ0v) is 11.3. The number of nitro benzene ring substituents is 1. The van der Waals surface area contributed by atoms with Crippen LogP contribution in [0.4, 0.5) is 11.4 Å². The molecule has 0 N–H and O–H groups in total. The van der Waals surface area contributed by atoms with Gasteiger partial charge in [-0.15, -0.1) is 6.58 Å². The van der Waals surface area contributed by atoms with Gasteiger partial charge in [0.25, 0.3) is 11.6 Å². The van der Waals surface area contributed by atoms with Crippen molar-refractivity contribution >= 4 is 17.3 Å². The molecule has 0 fully saturated rings. The Kier molecular flexibility index (Phi) is 4.46. The van der Waals surface area contributed by atoms with Crippen LogP contribution in [-0.2, 0) is 0 Å². The predicted molar refractivity (Wildman–Crippen MR) is 81.4 cm³/mol. The maximum absolute atomic E-state index is 12.5. The highest BCUT2D eigenvalue weighted by Crippen LogP contribution is 2.21. The van der Waals surface area contributed by atoms with Crippen molar-refractivity contribution in [3.63, 3.8) is 0 Å². The maximum Gasteiger partial charge on any atom is 0.269 e. The summed E-state index contributed by atoms with van der Waals surface area (Å²) in [4.78, 5) is 24.2. The van der Waals surface area contributed by atoms with Crippen LogP contribution in [-0.4, -0.2) is 17.4 Å². The van der Waals surface area contributed by atoms with Gasteiger partial charge in [0.15, 0.2) is 0 Å². The number of rotatable bonds is 5. The Bertz CT molecular complexity index is 651. The van der Waals surface area contributed by atoms with Crippen molar-refractivity contribution < 1.29 is 9.72 Å². The third kappa shape index (κ3) is 3.33. The normalized spacial score (nSPS) is 9.90. The third-order valence-corrected chi connectivity index (χ3v) is 2.95. The van der Waals surface area contributed by atoms with Crippen LogP contribution in [0.15, 0.2) is 67.3 Å². The van der Waals surface area contributed by atoms with E-state index in [2.05, 4.69) is 6.58 Å². The summed E-state index contributed by atoms with van der Waals surface area (Å²) in [5.74, 6) is -0.177. The van der Waals surface area contributed by atoms with Gasteiger partial charge in [-0.1, -0.05) is 24.3 Å². The van der Waals surface area contributed by atoms with Gasteiger partial charge in [0.05, 0.1) is 4.92 Å². The van der Waals surface area contributed by atoms with Gasteiger partial charge >= 0.3 is 0 Å². The topological polar surface area (TPSA) is 63.5 Å². The quantitative estimate of drug-likeness (QED) is 0.479. The van der Waals surface area contributed by atoms with Crippen molar-refractivity contribution in [1.82, 2.24) is 0 Å². The van der Waals surface area contributed by atoms with E-state index in [1.165, 1.54) is 17.0 Å². The molecule has 0 heterocycles. The Hall–Kier alpha value is -2.95. The molecule has 0 aliphatic rings. The van der Waals surface area contributed by atoms with E-state index in [1.807, 2.05) is 6.07 Å². The number of nitro groups is 1. The van der Waals surface area contributed by atoms with Crippen LogP contribution in [0.2, 0.25) is 0 Å². The molecule has 0 saturated heterocycles. The average Bonchev–Trinajstić information content (AvgIpc) is 2.53. The molecule has 2 rings (SSSR count). The van der Waals surface area contributed by atoms with E-state index in [1.54, 1.807) is 42.5 Å². The van der Waals surface area contributed by atoms with Gasteiger partial charge in [0, 0.05) is 29.9 Å². The molecule has 0 aliphatic heterocycles. The lowest BCUT2D eigenvalue weighted by atomic mass is 10.1. The van der Waals surface area contributed by atoms with Gasteiger partial charge < -0.3 is 4.90 Å². The van der Waals surface area contributed by atoms with E-state index in [0.717, 1.165) is 0 Å². The first-order chi connectivity index (χ1) is 10.1.